The number of hydrogen-bond acceptors (Lipinski definition) is 4. The van der Waals surface area contributed by atoms with Crippen molar-refractivity contribution in [2.24, 2.45) is 0 Å². The van der Waals surface area contributed by atoms with E-state index in [2.05, 4.69) is 35.5 Å². The van der Waals surface area contributed by atoms with E-state index in [9.17, 15) is 4.79 Å². The predicted molar refractivity (Wildman–Crippen MR) is 117 cm³/mol. The van der Waals surface area contributed by atoms with Crippen molar-refractivity contribution in [1.29, 1.82) is 0 Å². The van der Waals surface area contributed by atoms with Gasteiger partial charge in [0.2, 0.25) is 0 Å². The first kappa shape index (κ1) is 19.4. The van der Waals surface area contributed by atoms with Crippen LogP contribution >= 0.6 is 0 Å². The van der Waals surface area contributed by atoms with E-state index in [1.165, 1.54) is 5.56 Å². The fraction of sp³-hybridized carbons (Fsp3) is 0.217. The summed E-state index contributed by atoms with van der Waals surface area (Å²) < 4.78 is 0. The average Bonchev–Trinajstić information content (AvgIpc) is 2.69. The third kappa shape index (κ3) is 4.68. The highest BCUT2D eigenvalue weighted by atomic mass is 16.1. The molecule has 0 saturated carbocycles. The Morgan fingerprint density at radius 1 is 1.00 bits per heavy atom. The Morgan fingerprint density at radius 2 is 1.71 bits per heavy atom. The average molecular weight is 374 g/mol. The summed E-state index contributed by atoms with van der Waals surface area (Å²) in [6.45, 7) is 4.30. The van der Waals surface area contributed by atoms with Gasteiger partial charge in [0.25, 0.3) is 5.91 Å². The standard InChI is InChI=1S/C23H26N4O/c1-16(2)20-7-5-6-8-21(20)26-22-15-17(13-14-24-22)23(28)25-18-9-11-19(12-10-18)27(3)4/h5-16H,1-4H3,(H,24,26)(H,25,28). The fourth-order valence-corrected chi connectivity index (χ4v) is 2.94. The Labute approximate surface area is 166 Å². The lowest BCUT2D eigenvalue weighted by atomic mass is 10.0. The molecule has 1 aromatic heterocycles. The summed E-state index contributed by atoms with van der Waals surface area (Å²) in [5.41, 5.74) is 4.60. The molecule has 5 nitrogen and oxygen atoms in total. The summed E-state index contributed by atoms with van der Waals surface area (Å²) >= 11 is 0. The van der Waals surface area contributed by atoms with Crippen molar-refractivity contribution in [1.82, 2.24) is 4.98 Å². The van der Waals surface area contributed by atoms with Crippen LogP contribution in [0.1, 0.15) is 35.7 Å². The number of rotatable bonds is 6. The largest absolute Gasteiger partial charge is 0.378 e. The van der Waals surface area contributed by atoms with Gasteiger partial charge in [0.1, 0.15) is 5.82 Å². The molecule has 0 bridgehead atoms. The zero-order chi connectivity index (χ0) is 20.1. The van der Waals surface area contributed by atoms with Crippen LogP contribution < -0.4 is 15.5 Å². The van der Waals surface area contributed by atoms with Gasteiger partial charge in [0.05, 0.1) is 0 Å². The Balaban J connectivity index is 1.75. The van der Waals surface area contributed by atoms with Gasteiger partial charge < -0.3 is 15.5 Å². The van der Waals surface area contributed by atoms with Crippen molar-refractivity contribution in [2.45, 2.75) is 19.8 Å². The van der Waals surface area contributed by atoms with E-state index < -0.39 is 0 Å². The van der Waals surface area contributed by atoms with Gasteiger partial charge in [-0.1, -0.05) is 32.0 Å². The summed E-state index contributed by atoms with van der Waals surface area (Å²) in [4.78, 5) is 19.0. The zero-order valence-electron chi connectivity index (χ0n) is 16.7. The normalized spacial score (nSPS) is 10.6. The van der Waals surface area contributed by atoms with Gasteiger partial charge in [0, 0.05) is 42.9 Å². The maximum Gasteiger partial charge on any atom is 0.255 e. The number of benzene rings is 2. The lowest BCUT2D eigenvalue weighted by molar-refractivity contribution is 0.102. The number of para-hydroxylation sites is 1. The van der Waals surface area contributed by atoms with Gasteiger partial charge in [-0.3, -0.25) is 4.79 Å². The molecule has 0 spiro atoms. The Bertz CT molecular complexity index is 949. The van der Waals surface area contributed by atoms with E-state index in [0.717, 1.165) is 17.1 Å². The van der Waals surface area contributed by atoms with Crippen LogP contribution in [0.4, 0.5) is 22.9 Å². The predicted octanol–water partition coefficient (Wildman–Crippen LogP) is 5.27. The van der Waals surface area contributed by atoms with Crippen LogP contribution in [-0.2, 0) is 0 Å². The molecule has 28 heavy (non-hydrogen) atoms. The molecule has 0 atom stereocenters. The third-order valence-corrected chi connectivity index (χ3v) is 4.51. The van der Waals surface area contributed by atoms with Gasteiger partial charge in [0.15, 0.2) is 0 Å². The minimum Gasteiger partial charge on any atom is -0.378 e. The molecule has 0 radical (unpaired) electrons. The number of aromatic nitrogens is 1. The number of carbonyl (C=O) groups excluding carboxylic acids is 1. The van der Waals surface area contributed by atoms with Crippen LogP contribution in [-0.4, -0.2) is 25.0 Å². The van der Waals surface area contributed by atoms with Crippen molar-refractivity contribution in [3.63, 3.8) is 0 Å². The smallest absolute Gasteiger partial charge is 0.255 e. The third-order valence-electron chi connectivity index (χ3n) is 4.51. The minimum atomic E-state index is -0.166. The molecule has 0 aliphatic heterocycles. The number of carbonyl (C=O) groups is 1. The molecular weight excluding hydrogens is 348 g/mol. The van der Waals surface area contributed by atoms with Gasteiger partial charge in [-0.05, 0) is 53.9 Å². The van der Waals surface area contributed by atoms with Gasteiger partial charge in [-0.2, -0.15) is 0 Å². The SMILES string of the molecule is CC(C)c1ccccc1Nc1cc(C(=O)Nc2ccc(N(C)C)cc2)ccn1. The number of hydrogen-bond donors (Lipinski definition) is 2. The van der Waals surface area contributed by atoms with E-state index in [-0.39, 0.29) is 5.91 Å². The van der Waals surface area contributed by atoms with E-state index in [1.54, 1.807) is 18.3 Å². The highest BCUT2D eigenvalue weighted by Gasteiger charge is 2.10. The quantitative estimate of drug-likeness (QED) is 0.617. The van der Waals surface area contributed by atoms with Crippen LogP contribution in [0.25, 0.3) is 0 Å². The molecule has 0 aliphatic rings. The van der Waals surface area contributed by atoms with E-state index in [1.807, 2.05) is 61.5 Å². The van der Waals surface area contributed by atoms with Crippen LogP contribution in [0, 0.1) is 0 Å². The number of amides is 1. The monoisotopic (exact) mass is 374 g/mol. The molecular formula is C23H26N4O. The maximum absolute atomic E-state index is 12.6. The van der Waals surface area contributed by atoms with Crippen molar-refractivity contribution < 1.29 is 4.79 Å². The van der Waals surface area contributed by atoms with Crippen LogP contribution in [0.15, 0.2) is 66.9 Å². The van der Waals surface area contributed by atoms with Crippen LogP contribution in [0.5, 0.6) is 0 Å². The molecule has 5 heteroatoms. The maximum atomic E-state index is 12.6. The fourth-order valence-electron chi connectivity index (χ4n) is 2.94. The lowest BCUT2D eigenvalue weighted by Crippen LogP contribution is -2.13. The Morgan fingerprint density at radius 3 is 2.39 bits per heavy atom. The van der Waals surface area contributed by atoms with Crippen molar-refractivity contribution in [2.75, 3.05) is 29.6 Å². The summed E-state index contributed by atoms with van der Waals surface area (Å²) in [6.07, 6.45) is 1.64. The first-order valence-electron chi connectivity index (χ1n) is 9.35. The zero-order valence-corrected chi connectivity index (χ0v) is 16.7. The van der Waals surface area contributed by atoms with Gasteiger partial charge >= 0.3 is 0 Å². The lowest BCUT2D eigenvalue weighted by Gasteiger charge is -2.15. The molecule has 1 amide bonds. The van der Waals surface area contributed by atoms with Crippen LogP contribution in [0.2, 0.25) is 0 Å². The van der Waals surface area contributed by atoms with Gasteiger partial charge in [-0.25, -0.2) is 4.98 Å². The molecule has 0 fully saturated rings. The number of pyridine rings is 1. The Hall–Kier alpha value is -3.34. The molecule has 1 heterocycles. The minimum absolute atomic E-state index is 0.166. The summed E-state index contributed by atoms with van der Waals surface area (Å²) in [5, 5.41) is 6.27. The molecule has 2 aromatic carbocycles. The first-order valence-corrected chi connectivity index (χ1v) is 9.35. The van der Waals surface area contributed by atoms with E-state index in [4.69, 9.17) is 0 Å². The van der Waals surface area contributed by atoms with Crippen molar-refractivity contribution in [3.05, 3.63) is 78.0 Å². The molecule has 0 saturated heterocycles. The van der Waals surface area contributed by atoms with Gasteiger partial charge in [-0.15, -0.1) is 0 Å². The second-order valence-corrected chi connectivity index (χ2v) is 7.19. The van der Waals surface area contributed by atoms with E-state index in [0.29, 0.717) is 17.3 Å². The Kier molecular flexibility index (Phi) is 5.94. The number of nitrogens with zero attached hydrogens (tertiary/aromatic N) is 2. The molecule has 144 valence electrons. The molecule has 0 unspecified atom stereocenters. The summed E-state index contributed by atoms with van der Waals surface area (Å²) in [5.74, 6) is 0.865. The second-order valence-electron chi connectivity index (χ2n) is 7.19. The first-order chi connectivity index (χ1) is 13.4. The number of anilines is 4. The summed E-state index contributed by atoms with van der Waals surface area (Å²) in [7, 11) is 3.97. The number of nitrogens with one attached hydrogen (secondary N) is 2. The topological polar surface area (TPSA) is 57.3 Å². The van der Waals surface area contributed by atoms with Crippen molar-refractivity contribution in [3.8, 4) is 0 Å². The highest BCUT2D eigenvalue weighted by Crippen LogP contribution is 2.26. The molecule has 2 N–H and O–H groups in total. The summed E-state index contributed by atoms with van der Waals surface area (Å²) in [6, 6.07) is 19.3. The van der Waals surface area contributed by atoms with E-state index >= 15 is 0 Å². The van der Waals surface area contributed by atoms with Crippen LogP contribution in [0.3, 0.4) is 0 Å². The molecule has 3 aromatic rings. The highest BCUT2D eigenvalue weighted by molar-refractivity contribution is 6.04. The molecule has 3 rings (SSSR count). The van der Waals surface area contributed by atoms with Crippen molar-refractivity contribution >= 4 is 28.8 Å². The molecule has 0 aliphatic carbocycles. The second kappa shape index (κ2) is 8.57.